The van der Waals surface area contributed by atoms with Gasteiger partial charge in [-0.2, -0.15) is 8.78 Å². The fourth-order valence-electron chi connectivity index (χ4n) is 0.782. The molecule has 0 aliphatic rings. The third kappa shape index (κ3) is 3.46. The molecule has 4 nitrogen and oxygen atoms in total. The van der Waals surface area contributed by atoms with E-state index in [2.05, 4.69) is 4.84 Å². The number of alkyl halides is 2. The molecule has 0 bridgehead atoms. The Morgan fingerprint density at radius 1 is 1.29 bits per heavy atom. The average Bonchev–Trinajstić information content (AvgIpc) is 2.18. The molecule has 2 N–H and O–H groups in total. The lowest BCUT2D eigenvalue weighted by Crippen LogP contribution is -2.38. The lowest BCUT2D eigenvalue weighted by Gasteiger charge is -2.05. The number of amides is 1. The van der Waals surface area contributed by atoms with Crippen molar-refractivity contribution in [1.82, 2.24) is 11.0 Å². The van der Waals surface area contributed by atoms with Gasteiger partial charge in [0.25, 0.3) is 5.91 Å². The number of carbonyl (C=O) groups excluding carboxylic acids is 1. The Bertz CT molecular complexity index is 293. The van der Waals surface area contributed by atoms with Crippen LogP contribution in [0.5, 0.6) is 0 Å². The Balaban J connectivity index is 2.36. The second-order valence-electron chi connectivity index (χ2n) is 2.30. The highest BCUT2D eigenvalue weighted by Gasteiger charge is 2.05. The van der Waals surface area contributed by atoms with Gasteiger partial charge in [0.2, 0.25) is 0 Å². The smallest absolute Gasteiger partial charge is 0.268 e. The molecule has 6 heteroatoms. The van der Waals surface area contributed by atoms with E-state index in [1.54, 1.807) is 35.9 Å². The van der Waals surface area contributed by atoms with Crippen LogP contribution in [0.4, 0.5) is 8.78 Å². The second-order valence-corrected chi connectivity index (χ2v) is 2.30. The molecule has 0 unspecified atom stereocenters. The van der Waals surface area contributed by atoms with E-state index in [4.69, 9.17) is 0 Å². The van der Waals surface area contributed by atoms with Gasteiger partial charge < -0.3 is 0 Å². The van der Waals surface area contributed by atoms with Crippen molar-refractivity contribution in [1.29, 1.82) is 0 Å². The van der Waals surface area contributed by atoms with Crippen LogP contribution in [0.15, 0.2) is 30.3 Å². The van der Waals surface area contributed by atoms with Crippen LogP contribution in [0.3, 0.4) is 0 Å². The van der Waals surface area contributed by atoms with Crippen LogP contribution in [0.25, 0.3) is 0 Å². The van der Waals surface area contributed by atoms with Crippen LogP contribution < -0.4 is 11.0 Å². The van der Waals surface area contributed by atoms with Gasteiger partial charge in [-0.15, -0.1) is 5.59 Å². The van der Waals surface area contributed by atoms with Gasteiger partial charge in [-0.25, -0.2) is 4.84 Å². The SMILES string of the molecule is O=C(NNOC(F)F)c1ccccc1. The van der Waals surface area contributed by atoms with E-state index in [0.29, 0.717) is 5.56 Å². The Morgan fingerprint density at radius 2 is 1.93 bits per heavy atom. The molecular formula is C8H8F2N2O2. The zero-order valence-corrected chi connectivity index (χ0v) is 7.04. The van der Waals surface area contributed by atoms with Crippen molar-refractivity contribution in [3.63, 3.8) is 0 Å². The second kappa shape index (κ2) is 5.25. The number of hydrogen-bond donors (Lipinski definition) is 2. The van der Waals surface area contributed by atoms with Crippen LogP contribution >= 0.6 is 0 Å². The lowest BCUT2D eigenvalue weighted by atomic mass is 10.2. The molecule has 0 heterocycles. The molecular weight excluding hydrogens is 194 g/mol. The molecule has 0 fully saturated rings. The summed E-state index contributed by atoms with van der Waals surface area (Å²) in [6, 6.07) is 8.13. The maximum atomic E-state index is 11.5. The molecule has 0 saturated heterocycles. The van der Waals surface area contributed by atoms with Gasteiger partial charge >= 0.3 is 6.61 Å². The summed E-state index contributed by atoms with van der Waals surface area (Å²) in [6.45, 7) is -2.98. The van der Waals surface area contributed by atoms with Gasteiger partial charge in [-0.05, 0) is 12.1 Å². The third-order valence-electron chi connectivity index (χ3n) is 1.35. The maximum Gasteiger partial charge on any atom is 0.361 e. The third-order valence-corrected chi connectivity index (χ3v) is 1.35. The summed E-state index contributed by atoms with van der Waals surface area (Å²) < 4.78 is 22.9. The molecule has 0 spiro atoms. The highest BCUT2D eigenvalue weighted by molar-refractivity contribution is 5.93. The van der Waals surface area contributed by atoms with E-state index in [-0.39, 0.29) is 0 Å². The van der Waals surface area contributed by atoms with E-state index in [1.165, 1.54) is 0 Å². The molecule has 0 aliphatic carbocycles. The van der Waals surface area contributed by atoms with Crippen molar-refractivity contribution >= 4 is 5.91 Å². The fourth-order valence-corrected chi connectivity index (χ4v) is 0.782. The standard InChI is InChI=1S/C8H8F2N2O2/c9-8(10)14-12-11-7(13)6-4-2-1-3-5-6/h1-5,8,12H,(H,11,13). The molecule has 1 rings (SSSR count). The van der Waals surface area contributed by atoms with E-state index in [1.807, 2.05) is 5.43 Å². The summed E-state index contributed by atoms with van der Waals surface area (Å²) in [5, 5.41) is 0. The first-order chi connectivity index (χ1) is 6.70. The molecule has 14 heavy (non-hydrogen) atoms. The van der Waals surface area contributed by atoms with E-state index < -0.39 is 12.5 Å². The highest BCUT2D eigenvalue weighted by atomic mass is 19.3. The number of halogens is 2. The molecule has 0 saturated carbocycles. The number of hydrogen-bond acceptors (Lipinski definition) is 3. The normalized spacial score (nSPS) is 10.2. The lowest BCUT2D eigenvalue weighted by molar-refractivity contribution is -0.181. The van der Waals surface area contributed by atoms with Crippen molar-refractivity contribution in [2.75, 3.05) is 0 Å². The van der Waals surface area contributed by atoms with Gasteiger partial charge in [-0.1, -0.05) is 18.2 Å². The van der Waals surface area contributed by atoms with Gasteiger partial charge in [0, 0.05) is 5.56 Å². The number of rotatable bonds is 4. The maximum absolute atomic E-state index is 11.5. The summed E-state index contributed by atoms with van der Waals surface area (Å²) in [5.74, 6) is -0.550. The Hall–Kier alpha value is -1.53. The van der Waals surface area contributed by atoms with Gasteiger partial charge in [-0.3, -0.25) is 10.2 Å². The Labute approximate surface area is 78.8 Å². The predicted octanol–water partition coefficient (Wildman–Crippen LogP) is 1.08. The average molecular weight is 202 g/mol. The van der Waals surface area contributed by atoms with Crippen LogP contribution in [-0.4, -0.2) is 12.5 Å². The number of nitrogens with one attached hydrogen (secondary N) is 2. The monoisotopic (exact) mass is 202 g/mol. The number of hydrazine groups is 1. The van der Waals surface area contributed by atoms with E-state index >= 15 is 0 Å². The van der Waals surface area contributed by atoms with Crippen molar-refractivity contribution in [2.24, 2.45) is 0 Å². The van der Waals surface area contributed by atoms with Crippen molar-refractivity contribution < 1.29 is 18.4 Å². The molecule has 1 amide bonds. The summed E-state index contributed by atoms with van der Waals surface area (Å²) in [6.07, 6.45) is 0. The fraction of sp³-hybridized carbons (Fsp3) is 0.125. The summed E-state index contributed by atoms with van der Waals surface area (Å²) in [5.41, 5.74) is 3.92. The topological polar surface area (TPSA) is 50.4 Å². The van der Waals surface area contributed by atoms with Crippen LogP contribution in [0.2, 0.25) is 0 Å². The van der Waals surface area contributed by atoms with E-state index in [0.717, 1.165) is 0 Å². The first-order valence-electron chi connectivity index (χ1n) is 3.74. The van der Waals surface area contributed by atoms with Crippen LogP contribution in [0, 0.1) is 0 Å². The zero-order chi connectivity index (χ0) is 10.4. The molecule has 0 aromatic heterocycles. The molecule has 0 atom stereocenters. The van der Waals surface area contributed by atoms with Crippen molar-refractivity contribution in [2.45, 2.75) is 6.61 Å². The molecule has 0 aliphatic heterocycles. The van der Waals surface area contributed by atoms with Gasteiger partial charge in [0.05, 0.1) is 0 Å². The molecule has 76 valence electrons. The summed E-state index contributed by atoms with van der Waals surface area (Å²) in [7, 11) is 0. The minimum atomic E-state index is -2.98. The zero-order valence-electron chi connectivity index (χ0n) is 7.04. The number of benzene rings is 1. The molecule has 0 radical (unpaired) electrons. The molecule has 1 aromatic rings. The van der Waals surface area contributed by atoms with Crippen molar-refractivity contribution in [3.05, 3.63) is 35.9 Å². The largest absolute Gasteiger partial charge is 0.361 e. The molecule has 1 aromatic carbocycles. The number of carbonyl (C=O) groups is 1. The quantitative estimate of drug-likeness (QED) is 0.718. The highest BCUT2D eigenvalue weighted by Crippen LogP contribution is 1.97. The summed E-state index contributed by atoms with van der Waals surface area (Å²) in [4.78, 5) is 14.7. The van der Waals surface area contributed by atoms with Crippen LogP contribution in [0.1, 0.15) is 10.4 Å². The van der Waals surface area contributed by atoms with Crippen molar-refractivity contribution in [3.8, 4) is 0 Å². The Kier molecular flexibility index (Phi) is 3.96. The van der Waals surface area contributed by atoms with E-state index in [9.17, 15) is 13.6 Å². The van der Waals surface area contributed by atoms with Crippen LogP contribution in [-0.2, 0) is 4.84 Å². The minimum Gasteiger partial charge on any atom is -0.268 e. The summed E-state index contributed by atoms with van der Waals surface area (Å²) >= 11 is 0. The predicted molar refractivity (Wildman–Crippen MR) is 44.1 cm³/mol. The first-order valence-corrected chi connectivity index (χ1v) is 3.74. The van der Waals surface area contributed by atoms with Gasteiger partial charge in [0.1, 0.15) is 0 Å². The minimum absolute atomic E-state index is 0.345. The van der Waals surface area contributed by atoms with Gasteiger partial charge in [0.15, 0.2) is 0 Å². The first kappa shape index (κ1) is 10.6. The Morgan fingerprint density at radius 3 is 2.50 bits per heavy atom.